The Hall–Kier alpha value is -1.99. The summed E-state index contributed by atoms with van der Waals surface area (Å²) in [5, 5.41) is 11.2. The molecule has 0 spiro atoms. The van der Waals surface area contributed by atoms with Crippen LogP contribution in [0.15, 0.2) is 0 Å². The molecule has 2 aliphatic heterocycles. The van der Waals surface area contributed by atoms with Gasteiger partial charge in [-0.15, -0.1) is 0 Å². The highest BCUT2D eigenvalue weighted by molar-refractivity contribution is 8.14. The number of carboxylic acid groups (broad SMARTS) is 1. The molecule has 0 aromatic rings. The van der Waals surface area contributed by atoms with Crippen molar-refractivity contribution in [1.82, 2.24) is 19.4 Å². The fraction of sp³-hybridized carbons (Fsp3) is 0.643. The van der Waals surface area contributed by atoms with Crippen molar-refractivity contribution in [3.8, 4) is 0 Å². The number of aliphatic carboxylic acids is 1. The van der Waals surface area contributed by atoms with Crippen LogP contribution in [0, 0.1) is 0 Å². The van der Waals surface area contributed by atoms with Crippen molar-refractivity contribution in [2.45, 2.75) is 32.2 Å². The molecule has 0 bridgehead atoms. The molecule has 126 valence electrons. The van der Waals surface area contributed by atoms with Crippen molar-refractivity contribution in [2.75, 3.05) is 26.4 Å². The van der Waals surface area contributed by atoms with Gasteiger partial charge in [0.05, 0.1) is 19.6 Å². The van der Waals surface area contributed by atoms with Gasteiger partial charge >= 0.3 is 17.0 Å². The molecule has 0 N–H and O–H groups in total. The van der Waals surface area contributed by atoms with Crippen LogP contribution in [-0.2, 0) is 9.59 Å². The lowest BCUT2D eigenvalue weighted by atomic mass is 10.1. The third-order valence-corrected chi connectivity index (χ3v) is 4.78. The lowest BCUT2D eigenvalue weighted by molar-refractivity contribution is -0.301. The average Bonchev–Trinajstić information content (AvgIpc) is 2.88. The summed E-state index contributed by atoms with van der Waals surface area (Å²) >= 11 is 1.02. The van der Waals surface area contributed by atoms with Crippen molar-refractivity contribution in [3.63, 3.8) is 0 Å². The number of rotatable bonds is 6. The largest absolute Gasteiger partial charge is 0.549 e. The number of hydrogen-bond acceptors (Lipinski definition) is 6. The minimum atomic E-state index is -1.20. The molecule has 3 amide bonds. The number of urea groups is 1. The van der Waals surface area contributed by atoms with Gasteiger partial charge in [-0.25, -0.2) is 9.46 Å². The maximum Gasteiger partial charge on any atom is 0.389 e. The minimum absolute atomic E-state index is 0.245. The van der Waals surface area contributed by atoms with Gasteiger partial charge in [0.25, 0.3) is 11.9 Å². The summed E-state index contributed by atoms with van der Waals surface area (Å²) in [7, 11) is 3.00. The molecule has 9 heteroatoms. The topological polar surface area (TPSA) is 98.1 Å². The molecule has 2 aliphatic rings. The highest BCUT2D eigenvalue weighted by Gasteiger charge is 2.55. The van der Waals surface area contributed by atoms with Crippen LogP contribution in [0.2, 0.25) is 0 Å². The third-order valence-electron chi connectivity index (χ3n) is 3.82. The SMILES string of the molecule is CCCCCN1C(SCC(=O)[O-])=[N+]=C2C1C(=O)N(C)C(=O)N2C. The van der Waals surface area contributed by atoms with Crippen molar-refractivity contribution < 1.29 is 19.5 Å². The van der Waals surface area contributed by atoms with Crippen LogP contribution in [0.4, 0.5) is 4.79 Å². The number of amides is 3. The monoisotopic (exact) mass is 340 g/mol. The van der Waals surface area contributed by atoms with Gasteiger partial charge in [0.2, 0.25) is 0 Å². The number of thioether (sulfide) groups is 1. The fourth-order valence-corrected chi connectivity index (χ4v) is 3.34. The van der Waals surface area contributed by atoms with Gasteiger partial charge < -0.3 is 9.90 Å². The second kappa shape index (κ2) is 7.06. The van der Waals surface area contributed by atoms with Crippen LogP contribution < -0.4 is 9.77 Å². The highest BCUT2D eigenvalue weighted by atomic mass is 32.2. The molecule has 0 aromatic carbocycles. The van der Waals surface area contributed by atoms with Gasteiger partial charge in [-0.3, -0.25) is 14.6 Å². The summed E-state index contributed by atoms with van der Waals surface area (Å²) in [6.45, 7) is 2.66. The van der Waals surface area contributed by atoms with E-state index < -0.39 is 18.0 Å². The van der Waals surface area contributed by atoms with Crippen LogP contribution in [0.1, 0.15) is 26.2 Å². The predicted octanol–water partition coefficient (Wildman–Crippen LogP) is -1.31. The third kappa shape index (κ3) is 3.35. The second-order valence-electron chi connectivity index (χ2n) is 5.46. The van der Waals surface area contributed by atoms with E-state index in [-0.39, 0.29) is 11.7 Å². The van der Waals surface area contributed by atoms with Crippen LogP contribution in [-0.4, -0.2) is 76.0 Å². The van der Waals surface area contributed by atoms with E-state index in [2.05, 4.69) is 11.6 Å². The van der Waals surface area contributed by atoms with Crippen molar-refractivity contribution in [3.05, 3.63) is 0 Å². The van der Waals surface area contributed by atoms with Gasteiger partial charge in [0, 0.05) is 12.8 Å². The first kappa shape index (κ1) is 17.4. The first-order valence-electron chi connectivity index (χ1n) is 7.48. The number of nitrogens with zero attached hydrogens (tertiary/aromatic N) is 4. The highest BCUT2D eigenvalue weighted by Crippen LogP contribution is 2.22. The van der Waals surface area contributed by atoms with Gasteiger partial charge in [-0.1, -0.05) is 19.8 Å². The summed E-state index contributed by atoms with van der Waals surface area (Å²) in [4.78, 5) is 39.4. The van der Waals surface area contributed by atoms with Gasteiger partial charge in [-0.05, 0) is 18.2 Å². The molecule has 23 heavy (non-hydrogen) atoms. The zero-order chi connectivity index (χ0) is 17.1. The number of fused-ring (bicyclic) bond motifs is 1. The van der Waals surface area contributed by atoms with E-state index in [4.69, 9.17) is 0 Å². The summed E-state index contributed by atoms with van der Waals surface area (Å²) < 4.78 is 4.35. The van der Waals surface area contributed by atoms with Crippen LogP contribution in [0.25, 0.3) is 0 Å². The molecule has 0 aliphatic carbocycles. The van der Waals surface area contributed by atoms with E-state index in [1.165, 1.54) is 11.9 Å². The quantitative estimate of drug-likeness (QED) is 0.440. The Morgan fingerprint density at radius 1 is 1.26 bits per heavy atom. The van der Waals surface area contributed by atoms with E-state index in [9.17, 15) is 19.5 Å². The zero-order valence-electron chi connectivity index (χ0n) is 13.4. The molecule has 1 atom stereocenters. The lowest BCUT2D eigenvalue weighted by Crippen LogP contribution is -2.63. The number of likely N-dealkylation sites (N-methyl/N-ethyl adjacent to an activating group) is 2. The molecular weight excluding hydrogens is 320 g/mol. The first-order chi connectivity index (χ1) is 10.9. The first-order valence-corrected chi connectivity index (χ1v) is 8.47. The Morgan fingerprint density at radius 3 is 2.57 bits per heavy atom. The number of carboxylic acids is 1. The molecule has 0 aromatic heterocycles. The summed E-state index contributed by atoms with van der Waals surface area (Å²) in [5.74, 6) is -1.42. The minimum Gasteiger partial charge on any atom is -0.549 e. The van der Waals surface area contributed by atoms with Crippen molar-refractivity contribution in [1.29, 1.82) is 0 Å². The Labute approximate surface area is 138 Å². The molecule has 2 rings (SSSR count). The van der Waals surface area contributed by atoms with Gasteiger partial charge in [0.15, 0.2) is 0 Å². The smallest absolute Gasteiger partial charge is 0.389 e. The molecule has 2 heterocycles. The van der Waals surface area contributed by atoms with Crippen LogP contribution in [0.5, 0.6) is 0 Å². The number of carbonyl (C=O) groups is 3. The second-order valence-corrected chi connectivity index (χ2v) is 6.40. The molecule has 0 saturated carbocycles. The number of hydrogen-bond donors (Lipinski definition) is 0. The molecule has 1 unspecified atom stereocenters. The van der Waals surface area contributed by atoms with E-state index in [0.29, 0.717) is 17.5 Å². The maximum absolute atomic E-state index is 12.5. The number of carbonyl (C=O) groups excluding carboxylic acids is 3. The number of amidine groups is 2. The standard InChI is InChI=1S/C14H20N4O4S/c1-4-5-6-7-18-10-11(15-13(18)23-8-9(19)20)16(2)14(22)17(3)12(10)21/h10H,4-8H2,1-3H3. The van der Waals surface area contributed by atoms with Gasteiger partial charge in [0.1, 0.15) is 0 Å². The summed E-state index contributed by atoms with van der Waals surface area (Å²) in [6.07, 6.45) is 2.88. The van der Waals surface area contributed by atoms with E-state index >= 15 is 0 Å². The summed E-state index contributed by atoms with van der Waals surface area (Å²) in [5.41, 5.74) is 0. The molecule has 1 saturated heterocycles. The molecule has 0 radical (unpaired) electrons. The van der Waals surface area contributed by atoms with E-state index in [0.717, 1.165) is 35.9 Å². The predicted molar refractivity (Wildman–Crippen MR) is 85.6 cm³/mol. The maximum atomic E-state index is 12.5. The average molecular weight is 340 g/mol. The van der Waals surface area contributed by atoms with Gasteiger partial charge in [-0.2, -0.15) is 4.90 Å². The Balaban J connectivity index is 2.28. The Morgan fingerprint density at radius 2 is 1.96 bits per heavy atom. The molecule has 8 nitrogen and oxygen atoms in total. The van der Waals surface area contributed by atoms with E-state index in [1.807, 2.05) is 0 Å². The lowest BCUT2D eigenvalue weighted by Gasteiger charge is -2.30. The van der Waals surface area contributed by atoms with E-state index in [1.54, 1.807) is 11.9 Å². The molecule has 1 fully saturated rings. The number of imide groups is 1. The van der Waals surface area contributed by atoms with Crippen LogP contribution >= 0.6 is 11.8 Å². The van der Waals surface area contributed by atoms with Crippen molar-refractivity contribution in [2.24, 2.45) is 0 Å². The normalized spacial score (nSPS) is 20.7. The number of unbranched alkanes of at least 4 members (excludes halogenated alkanes) is 2. The van der Waals surface area contributed by atoms with Crippen molar-refractivity contribution >= 4 is 40.7 Å². The fourth-order valence-electron chi connectivity index (χ4n) is 2.57. The van der Waals surface area contributed by atoms with Crippen LogP contribution in [0.3, 0.4) is 0 Å². The Bertz CT molecular complexity index is 600. The summed E-state index contributed by atoms with van der Waals surface area (Å²) in [6, 6.07) is -1.10. The molecular formula is C14H20N4O4S. The Kier molecular flexibility index (Phi) is 5.33. The zero-order valence-corrected chi connectivity index (χ0v) is 14.3.